The molecule has 0 radical (unpaired) electrons. The molecule has 7 nitrogen and oxygen atoms in total. The number of ether oxygens (including phenoxy) is 2. The molecule has 0 unspecified atom stereocenters. The Morgan fingerprint density at radius 3 is 2.47 bits per heavy atom. The van der Waals surface area contributed by atoms with Crippen LogP contribution in [0.5, 0.6) is 17.2 Å². The topological polar surface area (TPSA) is 106 Å². The van der Waals surface area contributed by atoms with E-state index in [4.69, 9.17) is 25.5 Å². The molecule has 0 aliphatic rings. The number of allylic oxidation sites excluding steroid dienone is 2. The van der Waals surface area contributed by atoms with Gasteiger partial charge in [0.15, 0.2) is 5.76 Å². The van der Waals surface area contributed by atoms with Crippen molar-refractivity contribution in [2.24, 2.45) is 0 Å². The molecule has 0 bridgehead atoms. The van der Waals surface area contributed by atoms with E-state index >= 15 is 0 Å². The van der Waals surface area contributed by atoms with Crippen molar-refractivity contribution in [1.29, 1.82) is 0 Å². The maximum atomic E-state index is 13.4. The van der Waals surface area contributed by atoms with Gasteiger partial charge < -0.3 is 24.1 Å². The summed E-state index contributed by atoms with van der Waals surface area (Å²) in [5, 5.41) is 18.8. The van der Waals surface area contributed by atoms with Crippen LogP contribution >= 0.6 is 11.6 Å². The van der Waals surface area contributed by atoms with E-state index in [9.17, 15) is 19.8 Å². The fourth-order valence-electron chi connectivity index (χ4n) is 3.28. The Morgan fingerprint density at radius 1 is 1.22 bits per heavy atom. The first-order valence-corrected chi connectivity index (χ1v) is 10.2. The van der Waals surface area contributed by atoms with Crippen molar-refractivity contribution in [3.63, 3.8) is 0 Å². The number of carbonyl (C=O) groups is 1. The fourth-order valence-corrected chi connectivity index (χ4v) is 3.45. The molecule has 1 aromatic heterocycles. The van der Waals surface area contributed by atoms with Gasteiger partial charge >= 0.3 is 0 Å². The summed E-state index contributed by atoms with van der Waals surface area (Å²) in [5.74, 6) is 0.0845. The van der Waals surface area contributed by atoms with Crippen molar-refractivity contribution in [3.8, 4) is 28.6 Å². The fraction of sp³-hybridized carbons (Fsp3) is 0.250. The molecular weight excluding hydrogens is 436 g/mol. The van der Waals surface area contributed by atoms with Crippen molar-refractivity contribution in [1.82, 2.24) is 0 Å². The summed E-state index contributed by atoms with van der Waals surface area (Å²) in [6, 6.07) is 7.90. The van der Waals surface area contributed by atoms with Crippen molar-refractivity contribution in [2.45, 2.75) is 20.3 Å². The van der Waals surface area contributed by atoms with Crippen LogP contribution in [0, 0.1) is 0 Å². The van der Waals surface area contributed by atoms with Crippen molar-refractivity contribution in [3.05, 3.63) is 63.3 Å². The van der Waals surface area contributed by atoms with Crippen molar-refractivity contribution < 1.29 is 28.9 Å². The van der Waals surface area contributed by atoms with Crippen LogP contribution in [0.2, 0.25) is 0 Å². The van der Waals surface area contributed by atoms with Gasteiger partial charge in [0.05, 0.1) is 13.7 Å². The molecule has 2 aromatic carbocycles. The first kappa shape index (κ1) is 23.4. The highest BCUT2D eigenvalue weighted by molar-refractivity contribution is 6.68. The van der Waals surface area contributed by atoms with Crippen LogP contribution in [0.25, 0.3) is 22.3 Å². The summed E-state index contributed by atoms with van der Waals surface area (Å²) >= 11 is 5.77. The molecule has 168 valence electrons. The summed E-state index contributed by atoms with van der Waals surface area (Å²) < 4.78 is 16.8. The first-order chi connectivity index (χ1) is 15.3. The van der Waals surface area contributed by atoms with Gasteiger partial charge in [0.1, 0.15) is 29.1 Å². The molecule has 8 heteroatoms. The lowest BCUT2D eigenvalue weighted by atomic mass is 9.98. The van der Waals surface area contributed by atoms with Gasteiger partial charge in [-0.2, -0.15) is 0 Å². The Labute approximate surface area is 189 Å². The molecule has 0 spiro atoms. The summed E-state index contributed by atoms with van der Waals surface area (Å²) in [6.45, 7) is 3.31. The van der Waals surface area contributed by atoms with Crippen molar-refractivity contribution >= 4 is 27.8 Å². The second kappa shape index (κ2) is 9.89. The number of aliphatic hydroxyl groups is 1. The molecule has 0 amide bonds. The lowest BCUT2D eigenvalue weighted by Crippen LogP contribution is -2.14. The molecule has 0 fully saturated rings. The third-order valence-electron chi connectivity index (χ3n) is 4.82. The Hall–Kier alpha value is -3.29. The molecule has 32 heavy (non-hydrogen) atoms. The molecule has 0 saturated heterocycles. The largest absolute Gasteiger partial charge is 0.507 e. The molecule has 0 atom stereocenters. The van der Waals surface area contributed by atoms with E-state index in [1.54, 1.807) is 24.3 Å². The van der Waals surface area contributed by atoms with Gasteiger partial charge in [0, 0.05) is 16.7 Å². The second-order valence-electron chi connectivity index (χ2n) is 7.28. The Morgan fingerprint density at radius 2 is 1.91 bits per heavy atom. The number of phenolic OH excluding ortho intramolecular Hbond substituents is 1. The van der Waals surface area contributed by atoms with Crippen molar-refractivity contribution in [2.75, 3.05) is 20.3 Å². The zero-order valence-electron chi connectivity index (χ0n) is 17.9. The zero-order valence-corrected chi connectivity index (χ0v) is 18.7. The number of carbonyl (C=O) groups excluding carboxylic acids is 1. The van der Waals surface area contributed by atoms with Gasteiger partial charge in [0.25, 0.3) is 5.24 Å². The van der Waals surface area contributed by atoms with Gasteiger partial charge in [0.2, 0.25) is 11.2 Å². The maximum absolute atomic E-state index is 13.4. The number of hydrogen-bond donors (Lipinski definition) is 2. The molecular formula is C24H23ClO7. The highest BCUT2D eigenvalue weighted by atomic mass is 35.5. The highest BCUT2D eigenvalue weighted by Gasteiger charge is 2.25. The smallest absolute Gasteiger partial charge is 0.252 e. The van der Waals surface area contributed by atoms with Crippen LogP contribution in [0.15, 0.2) is 51.2 Å². The average Bonchev–Trinajstić information content (AvgIpc) is 2.77. The van der Waals surface area contributed by atoms with Crippen LogP contribution in [-0.4, -0.2) is 35.8 Å². The first-order valence-electron chi connectivity index (χ1n) is 9.85. The van der Waals surface area contributed by atoms with Crippen LogP contribution in [-0.2, 0) is 6.42 Å². The second-order valence-corrected chi connectivity index (χ2v) is 7.62. The Bertz CT molecular complexity index is 1240. The SMILES string of the molecule is COc1ccc(-c2oc3c(CC=C(C)C)c(C(=O)Cl)cc(O)c3c(=O)c2OCCO)cc1. The normalized spacial score (nSPS) is 10.8. The number of hydrogen-bond acceptors (Lipinski definition) is 7. The minimum Gasteiger partial charge on any atom is -0.507 e. The van der Waals surface area contributed by atoms with Gasteiger partial charge in [-0.3, -0.25) is 9.59 Å². The number of phenols is 1. The van der Waals surface area contributed by atoms with E-state index < -0.39 is 16.4 Å². The number of methoxy groups -OCH3 is 1. The predicted molar refractivity (Wildman–Crippen MR) is 122 cm³/mol. The number of aromatic hydroxyl groups is 1. The van der Waals surface area contributed by atoms with E-state index in [1.807, 2.05) is 19.9 Å². The standard InChI is InChI=1S/C24H23ClO7/c1-13(2)4-9-16-17(24(25)29)12-18(27)19-20(28)23(31-11-10-26)21(32-22(16)19)14-5-7-15(30-3)8-6-14/h4-8,12,26-27H,9-11H2,1-3H3. The zero-order chi connectivity index (χ0) is 23.4. The predicted octanol–water partition coefficient (Wildman–Crippen LogP) is 4.43. The molecule has 1 heterocycles. The van der Waals surface area contributed by atoms with E-state index in [2.05, 4.69) is 0 Å². The number of fused-ring (bicyclic) bond motifs is 1. The maximum Gasteiger partial charge on any atom is 0.252 e. The molecule has 3 aromatic rings. The molecule has 2 N–H and O–H groups in total. The summed E-state index contributed by atoms with van der Waals surface area (Å²) in [4.78, 5) is 25.4. The third-order valence-corrected chi connectivity index (χ3v) is 5.03. The Kier molecular flexibility index (Phi) is 7.22. The van der Waals surface area contributed by atoms with Crippen LogP contribution in [0.3, 0.4) is 0 Å². The minimum atomic E-state index is -0.784. The minimum absolute atomic E-state index is 0.0404. The lowest BCUT2D eigenvalue weighted by Gasteiger charge is -2.15. The van der Waals surface area contributed by atoms with Gasteiger partial charge in [-0.25, -0.2) is 0 Å². The van der Waals surface area contributed by atoms with E-state index in [0.717, 1.165) is 11.6 Å². The van der Waals surface area contributed by atoms with Crippen LogP contribution in [0.1, 0.15) is 29.8 Å². The van der Waals surface area contributed by atoms with Gasteiger partial charge in [-0.05, 0) is 62.2 Å². The Balaban J connectivity index is 2.42. The highest BCUT2D eigenvalue weighted by Crippen LogP contribution is 2.37. The number of rotatable bonds is 8. The average molecular weight is 459 g/mol. The molecule has 3 rings (SSSR count). The summed E-state index contributed by atoms with van der Waals surface area (Å²) in [7, 11) is 1.53. The number of halogens is 1. The van der Waals surface area contributed by atoms with E-state index in [1.165, 1.54) is 7.11 Å². The molecule has 0 aliphatic heterocycles. The third kappa shape index (κ3) is 4.64. The van der Waals surface area contributed by atoms with E-state index in [0.29, 0.717) is 16.9 Å². The van der Waals surface area contributed by atoms with Crippen LogP contribution < -0.4 is 14.9 Å². The lowest BCUT2D eigenvalue weighted by molar-refractivity contribution is 0.108. The summed E-state index contributed by atoms with van der Waals surface area (Å²) in [6.07, 6.45) is 2.12. The number of aliphatic hydroxyl groups excluding tert-OH is 1. The molecule has 0 saturated carbocycles. The molecule has 0 aliphatic carbocycles. The quantitative estimate of drug-likeness (QED) is 0.379. The number of benzene rings is 2. The van der Waals surface area contributed by atoms with E-state index in [-0.39, 0.29) is 47.7 Å². The van der Waals surface area contributed by atoms with Crippen LogP contribution in [0.4, 0.5) is 0 Å². The van der Waals surface area contributed by atoms with Gasteiger partial charge in [-0.15, -0.1) is 0 Å². The van der Waals surface area contributed by atoms with Gasteiger partial charge in [-0.1, -0.05) is 11.6 Å². The summed E-state index contributed by atoms with van der Waals surface area (Å²) in [5.41, 5.74) is 1.32. The monoisotopic (exact) mass is 458 g/mol.